The van der Waals surface area contributed by atoms with Crippen molar-refractivity contribution in [3.8, 4) is 0 Å². The fourth-order valence-electron chi connectivity index (χ4n) is 4.17. The normalized spacial score (nSPS) is 19.8. The molecule has 0 spiro atoms. The number of halogens is 1. The molecule has 0 radical (unpaired) electrons. The second-order valence-corrected chi connectivity index (χ2v) is 8.85. The molecule has 2 fully saturated rings. The van der Waals surface area contributed by atoms with Crippen molar-refractivity contribution in [2.75, 3.05) is 50.4 Å². The first-order chi connectivity index (χ1) is 15.0. The van der Waals surface area contributed by atoms with Crippen molar-refractivity contribution in [2.24, 2.45) is 0 Å². The maximum atomic E-state index is 11.9. The van der Waals surface area contributed by atoms with E-state index in [9.17, 15) is 4.79 Å². The molecule has 2 N–H and O–H groups in total. The van der Waals surface area contributed by atoms with Gasteiger partial charge in [-0.1, -0.05) is 11.6 Å². The standard InChI is InChI=1S/C21H31ClN8O/c1-15-18(14-30(27-15)16-7-11-28(2)13-16)25-21-24-12-17(22)20(26-21)23-8-5-10-29-9-4-3-6-19(29)31/h12,14,16H,3-11,13H2,1-2H3,(H2,23,24,25,26). The highest BCUT2D eigenvalue weighted by Gasteiger charge is 2.23. The van der Waals surface area contributed by atoms with Crippen LogP contribution in [0.5, 0.6) is 0 Å². The van der Waals surface area contributed by atoms with Gasteiger partial charge in [0.15, 0.2) is 0 Å². The van der Waals surface area contributed by atoms with Crippen molar-refractivity contribution >= 4 is 35.0 Å². The van der Waals surface area contributed by atoms with Gasteiger partial charge in [0.2, 0.25) is 11.9 Å². The molecule has 168 valence electrons. The Hall–Kier alpha value is -2.39. The number of likely N-dealkylation sites (tertiary alicyclic amines) is 2. The van der Waals surface area contributed by atoms with E-state index >= 15 is 0 Å². The van der Waals surface area contributed by atoms with Crippen molar-refractivity contribution < 1.29 is 4.79 Å². The van der Waals surface area contributed by atoms with Crippen LogP contribution in [0.2, 0.25) is 5.02 Å². The van der Waals surface area contributed by atoms with E-state index in [1.807, 2.05) is 22.7 Å². The largest absolute Gasteiger partial charge is 0.369 e. The molecule has 4 rings (SSSR count). The maximum Gasteiger partial charge on any atom is 0.229 e. The lowest BCUT2D eigenvalue weighted by Gasteiger charge is -2.26. The predicted octanol–water partition coefficient (Wildman–Crippen LogP) is 3.07. The molecule has 1 amide bonds. The second kappa shape index (κ2) is 9.82. The van der Waals surface area contributed by atoms with Crippen LogP contribution in [0.15, 0.2) is 12.4 Å². The van der Waals surface area contributed by atoms with Gasteiger partial charge in [0, 0.05) is 38.8 Å². The number of likely N-dealkylation sites (N-methyl/N-ethyl adjacent to an activating group) is 1. The van der Waals surface area contributed by atoms with Crippen LogP contribution in [0.25, 0.3) is 0 Å². The first-order valence-corrected chi connectivity index (χ1v) is 11.4. The summed E-state index contributed by atoms with van der Waals surface area (Å²) in [4.78, 5) is 25.0. The number of hydrogen-bond donors (Lipinski definition) is 2. The number of anilines is 3. The molecule has 4 heterocycles. The highest BCUT2D eigenvalue weighted by atomic mass is 35.5. The lowest BCUT2D eigenvalue weighted by atomic mass is 10.1. The van der Waals surface area contributed by atoms with E-state index in [2.05, 4.69) is 37.6 Å². The Labute approximate surface area is 188 Å². The van der Waals surface area contributed by atoms with Crippen molar-refractivity contribution in [3.05, 3.63) is 23.1 Å². The van der Waals surface area contributed by atoms with Gasteiger partial charge >= 0.3 is 0 Å². The SMILES string of the molecule is Cc1nn(C2CCN(C)C2)cc1Nc1ncc(Cl)c(NCCCN2CCCCC2=O)n1. The van der Waals surface area contributed by atoms with Crippen LogP contribution in [-0.4, -0.2) is 75.2 Å². The number of nitrogens with one attached hydrogen (secondary N) is 2. The Morgan fingerprint density at radius 3 is 2.94 bits per heavy atom. The van der Waals surface area contributed by atoms with E-state index in [1.165, 1.54) is 0 Å². The number of amides is 1. The van der Waals surface area contributed by atoms with Gasteiger partial charge in [0.25, 0.3) is 0 Å². The van der Waals surface area contributed by atoms with Crippen LogP contribution in [0.4, 0.5) is 17.5 Å². The highest BCUT2D eigenvalue weighted by Crippen LogP contribution is 2.26. The summed E-state index contributed by atoms with van der Waals surface area (Å²) in [5.74, 6) is 1.33. The Balaban J connectivity index is 1.33. The van der Waals surface area contributed by atoms with Gasteiger partial charge in [-0.05, 0) is 46.2 Å². The Bertz CT molecular complexity index is 917. The Morgan fingerprint density at radius 1 is 1.29 bits per heavy atom. The van der Waals surface area contributed by atoms with Gasteiger partial charge < -0.3 is 20.4 Å². The minimum atomic E-state index is 0.262. The summed E-state index contributed by atoms with van der Waals surface area (Å²) < 4.78 is 2.04. The van der Waals surface area contributed by atoms with Crippen molar-refractivity contribution in [1.82, 2.24) is 29.5 Å². The topological polar surface area (TPSA) is 91.2 Å². The third kappa shape index (κ3) is 5.46. The summed E-state index contributed by atoms with van der Waals surface area (Å²) >= 11 is 6.28. The van der Waals surface area contributed by atoms with Crippen molar-refractivity contribution in [3.63, 3.8) is 0 Å². The zero-order chi connectivity index (χ0) is 21.8. The third-order valence-corrected chi connectivity index (χ3v) is 6.24. The van der Waals surface area contributed by atoms with Crippen LogP contribution in [-0.2, 0) is 4.79 Å². The number of hydrogen-bond acceptors (Lipinski definition) is 7. The van der Waals surface area contributed by atoms with Crippen LogP contribution < -0.4 is 10.6 Å². The van der Waals surface area contributed by atoms with Crippen molar-refractivity contribution in [1.29, 1.82) is 0 Å². The van der Waals surface area contributed by atoms with Crippen LogP contribution >= 0.6 is 11.6 Å². The molecule has 0 aromatic carbocycles. The molecule has 2 aliphatic rings. The van der Waals surface area contributed by atoms with E-state index in [4.69, 9.17) is 11.6 Å². The minimum absolute atomic E-state index is 0.262. The Morgan fingerprint density at radius 2 is 2.16 bits per heavy atom. The average molecular weight is 447 g/mol. The van der Waals surface area contributed by atoms with Gasteiger partial charge in [0.1, 0.15) is 10.8 Å². The van der Waals surface area contributed by atoms with E-state index in [1.54, 1.807) is 6.20 Å². The lowest BCUT2D eigenvalue weighted by Crippen LogP contribution is -2.36. The van der Waals surface area contributed by atoms with Crippen molar-refractivity contribution in [2.45, 2.75) is 45.1 Å². The summed E-state index contributed by atoms with van der Waals surface area (Å²) in [5.41, 5.74) is 1.81. The molecule has 2 saturated heterocycles. The zero-order valence-electron chi connectivity index (χ0n) is 18.3. The molecule has 2 aromatic rings. The smallest absolute Gasteiger partial charge is 0.229 e. The first kappa shape index (κ1) is 21.8. The average Bonchev–Trinajstić information content (AvgIpc) is 3.34. The molecule has 0 bridgehead atoms. The zero-order valence-corrected chi connectivity index (χ0v) is 19.0. The number of carbonyl (C=O) groups excluding carboxylic acids is 1. The van der Waals surface area contributed by atoms with Gasteiger partial charge in [-0.2, -0.15) is 10.1 Å². The van der Waals surface area contributed by atoms with Crippen LogP contribution in [0.1, 0.15) is 43.8 Å². The Kier molecular flexibility index (Phi) is 6.92. The first-order valence-electron chi connectivity index (χ1n) is 11.0. The van der Waals surface area contributed by atoms with E-state index in [-0.39, 0.29) is 5.91 Å². The molecule has 2 aliphatic heterocycles. The van der Waals surface area contributed by atoms with Gasteiger partial charge in [0.05, 0.1) is 23.6 Å². The summed E-state index contributed by atoms with van der Waals surface area (Å²) in [6, 6.07) is 0.398. The summed E-state index contributed by atoms with van der Waals surface area (Å²) in [6.07, 6.45) is 8.35. The number of aryl methyl sites for hydroxylation is 1. The molecule has 9 nitrogen and oxygen atoms in total. The molecule has 2 aromatic heterocycles. The predicted molar refractivity (Wildman–Crippen MR) is 122 cm³/mol. The van der Waals surface area contributed by atoms with Crippen LogP contribution in [0.3, 0.4) is 0 Å². The van der Waals surface area contributed by atoms with E-state index < -0.39 is 0 Å². The molecule has 0 aliphatic carbocycles. The number of aromatic nitrogens is 4. The molecular formula is C21H31ClN8O. The molecule has 1 unspecified atom stereocenters. The maximum absolute atomic E-state index is 11.9. The monoisotopic (exact) mass is 446 g/mol. The van der Waals surface area contributed by atoms with Gasteiger partial charge in [-0.15, -0.1) is 0 Å². The van der Waals surface area contributed by atoms with Gasteiger partial charge in [-0.25, -0.2) is 4.98 Å². The highest BCUT2D eigenvalue weighted by molar-refractivity contribution is 6.32. The lowest BCUT2D eigenvalue weighted by molar-refractivity contribution is -0.133. The number of nitrogens with zero attached hydrogens (tertiary/aromatic N) is 6. The summed E-state index contributed by atoms with van der Waals surface area (Å²) in [6.45, 7) is 6.39. The molecule has 0 saturated carbocycles. The number of carbonyl (C=O) groups is 1. The third-order valence-electron chi connectivity index (χ3n) is 5.97. The quantitative estimate of drug-likeness (QED) is 0.602. The fraction of sp³-hybridized carbons (Fsp3) is 0.619. The van der Waals surface area contributed by atoms with Crippen LogP contribution in [0, 0.1) is 6.92 Å². The molecule has 1 atom stereocenters. The van der Waals surface area contributed by atoms with E-state index in [0.29, 0.717) is 35.8 Å². The summed E-state index contributed by atoms with van der Waals surface area (Å²) in [5, 5.41) is 11.7. The number of piperidine rings is 1. The fourth-order valence-corrected chi connectivity index (χ4v) is 4.32. The molecule has 31 heavy (non-hydrogen) atoms. The summed E-state index contributed by atoms with van der Waals surface area (Å²) in [7, 11) is 2.13. The molecular weight excluding hydrogens is 416 g/mol. The second-order valence-electron chi connectivity index (χ2n) is 8.45. The number of rotatable bonds is 8. The minimum Gasteiger partial charge on any atom is -0.369 e. The van der Waals surface area contributed by atoms with Gasteiger partial charge in [-0.3, -0.25) is 9.48 Å². The van der Waals surface area contributed by atoms with E-state index in [0.717, 1.165) is 63.2 Å². The molecule has 10 heteroatoms.